The summed E-state index contributed by atoms with van der Waals surface area (Å²) in [5, 5.41) is 3.63. The molecule has 1 fully saturated rings. The summed E-state index contributed by atoms with van der Waals surface area (Å²) in [5.74, 6) is -0.775. The van der Waals surface area contributed by atoms with Gasteiger partial charge in [-0.2, -0.15) is 0 Å². The normalized spacial score (nSPS) is 17.8. The van der Waals surface area contributed by atoms with Crippen LogP contribution in [0.3, 0.4) is 0 Å². The van der Waals surface area contributed by atoms with Crippen LogP contribution < -0.4 is 0 Å². The van der Waals surface area contributed by atoms with Crippen LogP contribution in [-0.4, -0.2) is 34.6 Å². The van der Waals surface area contributed by atoms with Crippen LogP contribution in [0.1, 0.15) is 54.8 Å². The van der Waals surface area contributed by atoms with Gasteiger partial charge in [0.15, 0.2) is 6.61 Å². The highest BCUT2D eigenvalue weighted by Crippen LogP contribution is 2.33. The number of carbonyl (C=O) groups excluding carboxylic acids is 2. The molecule has 0 spiro atoms. The molecule has 1 amide bonds. The Labute approximate surface area is 129 Å². The third kappa shape index (κ3) is 3.37. The quantitative estimate of drug-likeness (QED) is 0.782. The minimum absolute atomic E-state index is 0.0279. The number of hydrogen-bond acceptors (Lipinski definition) is 5. The highest BCUT2D eigenvalue weighted by atomic mass is 16.6. The molecular formula is C16H20N2O4. The topological polar surface area (TPSA) is 72.6 Å². The van der Waals surface area contributed by atoms with Gasteiger partial charge in [0, 0.05) is 17.8 Å². The van der Waals surface area contributed by atoms with Crippen LogP contribution in [0.4, 0.5) is 0 Å². The molecule has 0 bridgehead atoms. The Morgan fingerprint density at radius 2 is 2.23 bits per heavy atom. The first kappa shape index (κ1) is 14.8. The van der Waals surface area contributed by atoms with Gasteiger partial charge in [-0.05, 0) is 45.4 Å². The molecular weight excluding hydrogens is 284 g/mol. The number of aryl methyl sites for hydroxylation is 1. The standard InChI is InChI=1S/C16H20N2O4/c1-11-9-14(22-17-11)16(20)21-10-15(19)18(13-7-8-13)12-5-3-2-4-6-12/h5,9,13H,2-4,6-8,10H2,1H3. The van der Waals surface area contributed by atoms with Gasteiger partial charge in [-0.25, -0.2) is 4.79 Å². The molecule has 2 aliphatic carbocycles. The van der Waals surface area contributed by atoms with Crippen LogP contribution in [0.5, 0.6) is 0 Å². The lowest BCUT2D eigenvalue weighted by molar-refractivity contribution is -0.133. The molecule has 2 aliphatic rings. The Hall–Kier alpha value is -2.11. The maximum Gasteiger partial charge on any atom is 0.377 e. The van der Waals surface area contributed by atoms with Crippen molar-refractivity contribution in [2.45, 2.75) is 51.5 Å². The van der Waals surface area contributed by atoms with Gasteiger partial charge in [-0.1, -0.05) is 11.2 Å². The zero-order chi connectivity index (χ0) is 15.5. The number of nitrogens with zero attached hydrogens (tertiary/aromatic N) is 2. The SMILES string of the molecule is Cc1cc(C(=O)OCC(=O)N(C2=CCCCC2)C2CC2)on1. The number of esters is 1. The van der Waals surface area contributed by atoms with E-state index in [1.54, 1.807) is 6.92 Å². The van der Waals surface area contributed by atoms with E-state index in [-0.39, 0.29) is 24.3 Å². The van der Waals surface area contributed by atoms with Crippen molar-refractivity contribution in [3.8, 4) is 0 Å². The fraction of sp³-hybridized carbons (Fsp3) is 0.562. The molecule has 0 saturated heterocycles. The van der Waals surface area contributed by atoms with Crippen molar-refractivity contribution < 1.29 is 18.8 Å². The van der Waals surface area contributed by atoms with E-state index in [1.807, 2.05) is 4.90 Å². The number of rotatable bonds is 5. The number of ether oxygens (including phenoxy) is 1. The summed E-state index contributed by atoms with van der Waals surface area (Å²) in [7, 11) is 0. The second-order valence-electron chi connectivity index (χ2n) is 5.84. The fourth-order valence-corrected chi connectivity index (χ4v) is 2.70. The summed E-state index contributed by atoms with van der Waals surface area (Å²) in [5.41, 5.74) is 1.69. The molecule has 6 heteroatoms. The van der Waals surface area contributed by atoms with Gasteiger partial charge in [-0.15, -0.1) is 0 Å². The van der Waals surface area contributed by atoms with Crippen LogP contribution >= 0.6 is 0 Å². The number of allylic oxidation sites excluding steroid dienone is 2. The Balaban J connectivity index is 1.59. The van der Waals surface area contributed by atoms with Gasteiger partial charge in [0.05, 0.1) is 5.69 Å². The molecule has 1 aromatic heterocycles. The first-order valence-corrected chi connectivity index (χ1v) is 7.76. The van der Waals surface area contributed by atoms with Gasteiger partial charge < -0.3 is 14.2 Å². The molecule has 118 valence electrons. The average molecular weight is 304 g/mol. The maximum absolute atomic E-state index is 12.4. The van der Waals surface area contributed by atoms with Crippen LogP contribution in [-0.2, 0) is 9.53 Å². The van der Waals surface area contributed by atoms with Crippen molar-refractivity contribution in [1.29, 1.82) is 0 Å². The van der Waals surface area contributed by atoms with Gasteiger partial charge >= 0.3 is 5.97 Å². The van der Waals surface area contributed by atoms with E-state index < -0.39 is 5.97 Å². The lowest BCUT2D eigenvalue weighted by atomic mass is 10.0. The molecule has 0 unspecified atom stereocenters. The number of aromatic nitrogens is 1. The van der Waals surface area contributed by atoms with Crippen LogP contribution in [0, 0.1) is 6.92 Å². The summed E-state index contributed by atoms with van der Waals surface area (Å²) in [4.78, 5) is 26.1. The molecule has 0 radical (unpaired) electrons. The van der Waals surface area contributed by atoms with Crippen molar-refractivity contribution in [3.63, 3.8) is 0 Å². The van der Waals surface area contributed by atoms with Crippen molar-refractivity contribution >= 4 is 11.9 Å². The fourth-order valence-electron chi connectivity index (χ4n) is 2.70. The molecule has 1 heterocycles. The number of amides is 1. The minimum atomic E-state index is -0.651. The molecule has 22 heavy (non-hydrogen) atoms. The first-order valence-electron chi connectivity index (χ1n) is 7.76. The van der Waals surface area contributed by atoms with E-state index in [4.69, 9.17) is 9.26 Å². The Morgan fingerprint density at radius 3 is 2.82 bits per heavy atom. The predicted octanol–water partition coefficient (Wildman–Crippen LogP) is 2.59. The second kappa shape index (κ2) is 6.34. The molecule has 0 aromatic carbocycles. The molecule has 0 aliphatic heterocycles. The summed E-state index contributed by atoms with van der Waals surface area (Å²) < 4.78 is 9.90. The van der Waals surface area contributed by atoms with Gasteiger partial charge in [0.2, 0.25) is 5.76 Å². The Bertz CT molecular complexity index is 601. The summed E-state index contributed by atoms with van der Waals surface area (Å²) in [6.07, 6.45) is 8.42. The van der Waals surface area contributed by atoms with Crippen LogP contribution in [0.2, 0.25) is 0 Å². The van der Waals surface area contributed by atoms with Gasteiger partial charge in [0.25, 0.3) is 5.91 Å². The van der Waals surface area contributed by atoms with Crippen molar-refractivity contribution in [2.75, 3.05) is 6.61 Å². The predicted molar refractivity (Wildman–Crippen MR) is 77.9 cm³/mol. The summed E-state index contributed by atoms with van der Waals surface area (Å²) in [6.45, 7) is 1.46. The second-order valence-corrected chi connectivity index (χ2v) is 5.84. The Kier molecular flexibility index (Phi) is 4.27. The molecule has 0 N–H and O–H groups in total. The average Bonchev–Trinajstić information content (AvgIpc) is 3.26. The molecule has 1 aromatic rings. The van der Waals surface area contributed by atoms with Crippen molar-refractivity contribution in [1.82, 2.24) is 10.1 Å². The molecule has 6 nitrogen and oxygen atoms in total. The van der Waals surface area contributed by atoms with Gasteiger partial charge in [-0.3, -0.25) is 4.79 Å². The maximum atomic E-state index is 12.4. The van der Waals surface area contributed by atoms with Crippen molar-refractivity contribution in [3.05, 3.63) is 29.3 Å². The largest absolute Gasteiger partial charge is 0.450 e. The molecule has 0 atom stereocenters. The lowest BCUT2D eigenvalue weighted by Crippen LogP contribution is -2.36. The zero-order valence-corrected chi connectivity index (χ0v) is 12.7. The van der Waals surface area contributed by atoms with Crippen LogP contribution in [0.15, 0.2) is 22.4 Å². The summed E-state index contributed by atoms with van der Waals surface area (Å²) >= 11 is 0. The Morgan fingerprint density at radius 1 is 1.41 bits per heavy atom. The highest BCUT2D eigenvalue weighted by Gasteiger charge is 2.35. The zero-order valence-electron chi connectivity index (χ0n) is 12.7. The highest BCUT2D eigenvalue weighted by molar-refractivity contribution is 5.89. The van der Waals surface area contributed by atoms with Crippen molar-refractivity contribution in [2.24, 2.45) is 0 Å². The number of carbonyl (C=O) groups is 2. The van der Waals surface area contributed by atoms with E-state index in [1.165, 1.54) is 12.5 Å². The molecule has 1 saturated carbocycles. The third-order valence-corrected chi connectivity index (χ3v) is 3.91. The van der Waals surface area contributed by atoms with E-state index in [2.05, 4.69) is 11.2 Å². The number of hydrogen-bond donors (Lipinski definition) is 0. The van der Waals surface area contributed by atoms with E-state index in [0.717, 1.165) is 37.8 Å². The van der Waals surface area contributed by atoms with E-state index >= 15 is 0 Å². The monoisotopic (exact) mass is 304 g/mol. The van der Waals surface area contributed by atoms with E-state index in [9.17, 15) is 9.59 Å². The van der Waals surface area contributed by atoms with Crippen LogP contribution in [0.25, 0.3) is 0 Å². The molecule has 3 rings (SSSR count). The minimum Gasteiger partial charge on any atom is -0.450 e. The smallest absolute Gasteiger partial charge is 0.377 e. The summed E-state index contributed by atoms with van der Waals surface area (Å²) in [6, 6.07) is 1.78. The van der Waals surface area contributed by atoms with Gasteiger partial charge in [0.1, 0.15) is 0 Å². The third-order valence-electron chi connectivity index (χ3n) is 3.91. The lowest BCUT2D eigenvalue weighted by Gasteiger charge is -2.27. The first-order chi connectivity index (χ1) is 10.6. The van der Waals surface area contributed by atoms with E-state index in [0.29, 0.717) is 5.69 Å².